The number of benzene rings is 2. The maximum atomic E-state index is 15.0. The fourth-order valence-electron chi connectivity index (χ4n) is 10.4. The van der Waals surface area contributed by atoms with Crippen molar-refractivity contribution in [3.8, 4) is 0 Å². The largest absolute Gasteiger partial charge is 0.451 e. The van der Waals surface area contributed by atoms with Crippen molar-refractivity contribution in [1.29, 1.82) is 0 Å². The molecule has 8 atom stereocenters. The number of hydrogen-bond donors (Lipinski definition) is 0. The van der Waals surface area contributed by atoms with Gasteiger partial charge in [-0.3, -0.25) is 48.2 Å². The van der Waals surface area contributed by atoms with E-state index in [9.17, 15) is 57.5 Å². The molecule has 3 aliphatic rings. The van der Waals surface area contributed by atoms with Crippen molar-refractivity contribution in [3.05, 3.63) is 70.8 Å². The summed E-state index contributed by atoms with van der Waals surface area (Å²) in [6.07, 6.45) is -6.27. The molecule has 460 valence electrons. The number of carbonyl (C=O) groups excluding carboxylic acids is 12. The fraction of sp³-hybridized carbons (Fsp3) is 0.613. The highest BCUT2D eigenvalue weighted by molar-refractivity contribution is 6.02. The highest BCUT2D eigenvalue weighted by Gasteiger charge is 2.43. The Morgan fingerprint density at radius 1 is 0.357 bits per heavy atom. The molecule has 3 fully saturated rings. The smallest absolute Gasteiger partial charge is 0.329 e. The van der Waals surface area contributed by atoms with Crippen LogP contribution < -0.4 is 0 Å². The molecule has 2 aromatic rings. The van der Waals surface area contributed by atoms with Crippen LogP contribution in [-0.2, 0) is 102 Å². The van der Waals surface area contributed by atoms with E-state index in [1.54, 1.807) is 48.5 Å². The first-order valence-electron chi connectivity index (χ1n) is 29.1. The highest BCUT2D eigenvalue weighted by Crippen LogP contribution is 2.26. The Kier molecular flexibility index (Phi) is 23.9. The number of likely N-dealkylation sites (tertiary alicyclic amines) is 2. The molecule has 0 aromatic heterocycles. The molecule has 84 heavy (non-hydrogen) atoms. The molecule has 3 saturated heterocycles. The van der Waals surface area contributed by atoms with E-state index in [-0.39, 0.29) is 125 Å². The van der Waals surface area contributed by atoms with Crippen LogP contribution in [0.3, 0.4) is 0 Å². The molecular weight excluding hydrogens is 1080 g/mol. The van der Waals surface area contributed by atoms with E-state index in [2.05, 4.69) is 0 Å². The predicted octanol–water partition coefficient (Wildman–Crippen LogP) is 4.96. The van der Waals surface area contributed by atoms with Crippen molar-refractivity contribution in [1.82, 2.24) is 29.4 Å². The molecule has 0 radical (unpaired) electrons. The summed E-state index contributed by atoms with van der Waals surface area (Å²) in [7, 11) is 5.35. The summed E-state index contributed by atoms with van der Waals surface area (Å²) in [5, 5.41) is 0. The SMILES string of the molecule is CC(C)C[C@H]1C(=O)O[C@H](Cc2ccc(CN3C(=O)CCC3=O)cc2)C(=O)N(C)[C@@H](CC(C)C)C(=O)O[C@H](C)C(=O)N(C)[C@@H](CC(C)C)C(=O)O[C@H](Cc2ccc(CN3C(=O)CCC3=O)cc2)C(=O)N(C)[C@@H](CC(C)C)C(=O)O[C@H](C)C(=O)N1C. The van der Waals surface area contributed by atoms with Gasteiger partial charge in [-0.2, -0.15) is 0 Å². The summed E-state index contributed by atoms with van der Waals surface area (Å²) >= 11 is 0. The number of rotatable bonds is 16. The van der Waals surface area contributed by atoms with Crippen molar-refractivity contribution in [2.45, 2.75) is 195 Å². The van der Waals surface area contributed by atoms with E-state index in [1.807, 2.05) is 55.4 Å². The van der Waals surface area contributed by atoms with Crippen LogP contribution in [0.25, 0.3) is 0 Å². The number of likely N-dealkylation sites (N-methyl/N-ethyl adjacent to an activating group) is 4. The number of carbonyl (C=O) groups is 12. The Hall–Kier alpha value is -7.52. The first kappa shape index (κ1) is 67.3. The molecule has 22 nitrogen and oxygen atoms in total. The van der Waals surface area contributed by atoms with Crippen LogP contribution in [0.5, 0.6) is 0 Å². The van der Waals surface area contributed by atoms with Crippen LogP contribution in [-0.4, -0.2) is 177 Å². The van der Waals surface area contributed by atoms with Gasteiger partial charge in [-0.1, -0.05) is 104 Å². The van der Waals surface area contributed by atoms with E-state index >= 15 is 0 Å². The van der Waals surface area contributed by atoms with Crippen LogP contribution in [0.15, 0.2) is 48.5 Å². The number of ether oxygens (including phenoxy) is 4. The monoisotopic (exact) mass is 1170 g/mol. The van der Waals surface area contributed by atoms with Gasteiger partial charge in [0.2, 0.25) is 23.6 Å². The zero-order valence-electron chi connectivity index (χ0n) is 51.2. The zero-order chi connectivity index (χ0) is 62.6. The van der Waals surface area contributed by atoms with Crippen molar-refractivity contribution in [2.24, 2.45) is 23.7 Å². The molecule has 0 saturated carbocycles. The Balaban J connectivity index is 1.58. The number of esters is 4. The summed E-state index contributed by atoms with van der Waals surface area (Å²) in [5.41, 5.74) is 2.22. The van der Waals surface area contributed by atoms with Crippen molar-refractivity contribution in [3.63, 3.8) is 0 Å². The summed E-state index contributed by atoms with van der Waals surface area (Å²) in [6.45, 7) is 17.2. The average molecular weight is 1170 g/mol. The van der Waals surface area contributed by atoms with E-state index < -0.39 is 96.1 Å². The summed E-state index contributed by atoms with van der Waals surface area (Å²) < 4.78 is 24.0. The van der Waals surface area contributed by atoms with Crippen molar-refractivity contribution >= 4 is 71.1 Å². The lowest BCUT2D eigenvalue weighted by Gasteiger charge is -2.35. The topological polar surface area (TPSA) is 261 Å². The average Bonchev–Trinajstić information content (AvgIpc) is 4.09. The molecular formula is C62H86N6O16. The van der Waals surface area contributed by atoms with Crippen LogP contribution in [0.1, 0.15) is 143 Å². The van der Waals surface area contributed by atoms with Gasteiger partial charge in [0.1, 0.15) is 24.2 Å². The zero-order valence-corrected chi connectivity index (χ0v) is 51.2. The van der Waals surface area contributed by atoms with Gasteiger partial charge < -0.3 is 38.5 Å². The van der Waals surface area contributed by atoms with Crippen LogP contribution in [0, 0.1) is 23.7 Å². The number of imide groups is 2. The Bertz CT molecular complexity index is 2530. The maximum Gasteiger partial charge on any atom is 0.329 e. The molecule has 0 aliphatic carbocycles. The number of hydrogen-bond acceptors (Lipinski definition) is 16. The molecule has 5 rings (SSSR count). The lowest BCUT2D eigenvalue weighted by atomic mass is 9.99. The van der Waals surface area contributed by atoms with Gasteiger partial charge in [0.15, 0.2) is 24.4 Å². The molecule has 8 amide bonds. The second-order valence-corrected chi connectivity index (χ2v) is 24.2. The van der Waals surface area contributed by atoms with Crippen molar-refractivity contribution < 1.29 is 76.5 Å². The molecule has 0 unspecified atom stereocenters. The molecule has 22 heteroatoms. The van der Waals surface area contributed by atoms with Gasteiger partial charge in [0.25, 0.3) is 23.6 Å². The van der Waals surface area contributed by atoms with E-state index in [0.29, 0.717) is 22.3 Å². The minimum atomic E-state index is -1.63. The first-order chi connectivity index (χ1) is 39.4. The number of nitrogens with zero attached hydrogens (tertiary/aromatic N) is 6. The lowest BCUT2D eigenvalue weighted by molar-refractivity contribution is -0.176. The summed E-state index contributed by atoms with van der Waals surface area (Å²) in [6, 6.07) is 7.89. The van der Waals surface area contributed by atoms with Crippen LogP contribution in [0.4, 0.5) is 0 Å². The van der Waals surface area contributed by atoms with Gasteiger partial charge in [0.05, 0.1) is 13.1 Å². The Morgan fingerprint density at radius 2 is 0.583 bits per heavy atom. The Morgan fingerprint density at radius 3 is 0.833 bits per heavy atom. The predicted molar refractivity (Wildman–Crippen MR) is 305 cm³/mol. The maximum absolute atomic E-state index is 15.0. The standard InChI is InChI=1S/C62H86N6O16/c1-35(2)27-45-59(77)81-39(9)55(73)63(11)48(30-38(7)8)62(80)84-50(32-42-17-21-44(22-18-42)34-68-53(71)25-26-54(68)72)58(76)66(14)46(28-36(3)4)60(78)82-40(10)56(74)64(12)47(29-37(5)6)61(79)83-49(57(75)65(45)13)31-41-15-19-43(20-16-41)33-67-51(69)23-24-52(67)70/h15-22,35-40,45-50H,23-34H2,1-14H3/t39-,40-,45+,46+,47+,48+,49-,50-/m1/s1. The van der Waals surface area contributed by atoms with E-state index in [1.165, 1.54) is 51.8 Å². The van der Waals surface area contributed by atoms with Crippen LogP contribution in [0.2, 0.25) is 0 Å². The highest BCUT2D eigenvalue weighted by atomic mass is 16.6. The van der Waals surface area contributed by atoms with Crippen molar-refractivity contribution in [2.75, 3.05) is 28.2 Å². The van der Waals surface area contributed by atoms with Crippen LogP contribution >= 0.6 is 0 Å². The summed E-state index contributed by atoms with van der Waals surface area (Å²) in [4.78, 5) is 174. The third-order valence-electron chi connectivity index (χ3n) is 15.4. The molecule has 0 spiro atoms. The normalized spacial score (nSPS) is 24.7. The van der Waals surface area contributed by atoms with Gasteiger partial charge in [-0.05, 0) is 85.5 Å². The van der Waals surface area contributed by atoms with Gasteiger partial charge >= 0.3 is 23.9 Å². The molecule has 0 bridgehead atoms. The number of cyclic esters (lactones) is 4. The fourth-order valence-corrected chi connectivity index (χ4v) is 10.4. The molecule has 3 aliphatic heterocycles. The number of amides is 8. The van der Waals surface area contributed by atoms with E-state index in [4.69, 9.17) is 18.9 Å². The quantitative estimate of drug-likeness (QED) is 0.122. The van der Waals surface area contributed by atoms with Gasteiger partial charge in [-0.25, -0.2) is 19.2 Å². The Labute approximate surface area is 493 Å². The molecule has 2 aromatic carbocycles. The third-order valence-corrected chi connectivity index (χ3v) is 15.4. The summed E-state index contributed by atoms with van der Waals surface area (Å²) in [5.74, 6) is -9.36. The van der Waals surface area contributed by atoms with E-state index in [0.717, 1.165) is 19.6 Å². The van der Waals surface area contributed by atoms with Gasteiger partial charge in [0, 0.05) is 66.7 Å². The second-order valence-electron chi connectivity index (χ2n) is 24.2. The minimum Gasteiger partial charge on any atom is -0.451 e. The molecule has 3 heterocycles. The lowest BCUT2D eigenvalue weighted by Crippen LogP contribution is -2.55. The molecule has 0 N–H and O–H groups in total. The second kappa shape index (κ2) is 29.8. The third kappa shape index (κ3) is 17.8. The van der Waals surface area contributed by atoms with Gasteiger partial charge in [-0.15, -0.1) is 0 Å². The first-order valence-corrected chi connectivity index (χ1v) is 29.1. The minimum absolute atomic E-state index is 0.0235.